The molecule has 1 aromatic carbocycles. The van der Waals surface area contributed by atoms with Gasteiger partial charge in [-0.2, -0.15) is 0 Å². The average molecular weight is 436 g/mol. The van der Waals surface area contributed by atoms with Gasteiger partial charge >= 0.3 is 11.9 Å². The molecule has 0 spiro atoms. The molecule has 0 saturated heterocycles. The Hall–Kier alpha value is -2.32. The largest absolute Gasteiger partial charge is 0.462 e. The van der Waals surface area contributed by atoms with Crippen molar-refractivity contribution in [3.63, 3.8) is 0 Å². The molecular weight excluding hydrogens is 410 g/mol. The normalized spacial score (nSPS) is 10.7. The van der Waals surface area contributed by atoms with Gasteiger partial charge < -0.3 is 14.8 Å². The molecule has 0 atom stereocenters. The first-order chi connectivity index (χ1) is 13.8. The summed E-state index contributed by atoms with van der Waals surface area (Å²) in [6.07, 6.45) is 0. The first kappa shape index (κ1) is 23.0. The minimum absolute atomic E-state index is 0.181. The number of anilines is 1. The number of hydrogen-bond acceptors (Lipinski definition) is 7. The minimum atomic E-state index is -0.587. The third-order valence-electron chi connectivity index (χ3n) is 3.80. The van der Waals surface area contributed by atoms with E-state index in [0.717, 1.165) is 16.2 Å². The van der Waals surface area contributed by atoms with Gasteiger partial charge in [0.05, 0.1) is 18.8 Å². The molecule has 0 bridgehead atoms. The van der Waals surface area contributed by atoms with Crippen molar-refractivity contribution in [1.29, 1.82) is 0 Å². The number of esters is 2. The van der Waals surface area contributed by atoms with Crippen LogP contribution in [0.2, 0.25) is 0 Å². The monoisotopic (exact) mass is 435 g/mol. The summed E-state index contributed by atoms with van der Waals surface area (Å²) in [5.74, 6) is -1.49. The summed E-state index contributed by atoms with van der Waals surface area (Å²) in [6, 6.07) is 7.23. The Morgan fingerprint density at radius 3 is 2.17 bits per heavy atom. The molecule has 0 fully saturated rings. The minimum Gasteiger partial charge on any atom is -0.462 e. The third kappa shape index (κ3) is 5.83. The molecule has 0 unspecified atom stereocenters. The summed E-state index contributed by atoms with van der Waals surface area (Å²) in [4.78, 5) is 38.7. The second kappa shape index (κ2) is 10.5. The molecule has 0 radical (unpaired) electrons. The van der Waals surface area contributed by atoms with Crippen LogP contribution in [0, 0.1) is 6.92 Å². The number of thioether (sulfide) groups is 1. The zero-order chi connectivity index (χ0) is 21.6. The smallest absolute Gasteiger partial charge is 0.348 e. The molecule has 156 valence electrons. The predicted octanol–water partition coefficient (Wildman–Crippen LogP) is 5.16. The molecule has 29 heavy (non-hydrogen) atoms. The van der Waals surface area contributed by atoms with Crippen LogP contribution in [-0.4, -0.2) is 36.3 Å². The van der Waals surface area contributed by atoms with E-state index in [-0.39, 0.29) is 34.6 Å². The Morgan fingerprint density at radius 2 is 1.62 bits per heavy atom. The van der Waals surface area contributed by atoms with Gasteiger partial charge in [-0.05, 0) is 50.6 Å². The number of amides is 1. The van der Waals surface area contributed by atoms with E-state index in [1.165, 1.54) is 0 Å². The summed E-state index contributed by atoms with van der Waals surface area (Å²) in [5, 5.41) is 3.46. The van der Waals surface area contributed by atoms with Crippen molar-refractivity contribution >= 4 is 45.9 Å². The van der Waals surface area contributed by atoms with E-state index in [1.807, 2.05) is 12.1 Å². The Labute approximate surface area is 179 Å². The first-order valence-corrected chi connectivity index (χ1v) is 11.0. The zero-order valence-electron chi connectivity index (χ0n) is 17.2. The molecule has 6 nitrogen and oxygen atoms in total. The first-order valence-electron chi connectivity index (χ1n) is 9.34. The lowest BCUT2D eigenvalue weighted by Crippen LogP contribution is -2.15. The number of benzene rings is 1. The number of thiophene rings is 1. The van der Waals surface area contributed by atoms with Crippen molar-refractivity contribution in [2.75, 3.05) is 18.5 Å². The predicted molar refractivity (Wildman–Crippen MR) is 116 cm³/mol. The van der Waals surface area contributed by atoms with Crippen molar-refractivity contribution in [2.45, 2.75) is 44.8 Å². The van der Waals surface area contributed by atoms with Crippen LogP contribution in [0.4, 0.5) is 5.00 Å². The van der Waals surface area contributed by atoms with Crippen LogP contribution in [0.15, 0.2) is 29.2 Å². The van der Waals surface area contributed by atoms with Gasteiger partial charge in [-0.25, -0.2) is 9.59 Å². The third-order valence-corrected chi connectivity index (χ3v) is 6.01. The van der Waals surface area contributed by atoms with Gasteiger partial charge in [0.2, 0.25) is 0 Å². The number of nitrogens with one attached hydrogen (secondary N) is 1. The van der Waals surface area contributed by atoms with Crippen LogP contribution < -0.4 is 5.32 Å². The number of rotatable bonds is 8. The van der Waals surface area contributed by atoms with Crippen molar-refractivity contribution in [2.24, 2.45) is 0 Å². The highest BCUT2D eigenvalue weighted by molar-refractivity contribution is 7.99. The fraction of sp³-hybridized carbons (Fsp3) is 0.381. The van der Waals surface area contributed by atoms with Crippen molar-refractivity contribution in [3.05, 3.63) is 45.8 Å². The standard InChI is InChI=1S/C21H25NO5S2/c1-6-26-20(24)16-13(5)17(21(25)27-7-2)29-19(16)22-18(23)14-8-10-15(11-9-14)28-12(3)4/h8-12H,6-7H2,1-5H3,(H,22,23). The fourth-order valence-electron chi connectivity index (χ4n) is 2.57. The number of carbonyl (C=O) groups is 3. The van der Waals surface area contributed by atoms with Crippen molar-refractivity contribution in [3.8, 4) is 0 Å². The van der Waals surface area contributed by atoms with Crippen LogP contribution in [-0.2, 0) is 9.47 Å². The molecule has 0 saturated carbocycles. The van der Waals surface area contributed by atoms with Gasteiger partial charge in [0.25, 0.3) is 5.91 Å². The maximum atomic E-state index is 12.7. The molecule has 0 aliphatic carbocycles. The van der Waals surface area contributed by atoms with Crippen molar-refractivity contribution in [1.82, 2.24) is 0 Å². The zero-order valence-corrected chi connectivity index (χ0v) is 18.8. The van der Waals surface area contributed by atoms with Crippen LogP contribution >= 0.6 is 23.1 Å². The summed E-state index contributed by atoms with van der Waals surface area (Å²) in [6.45, 7) is 9.64. The lowest BCUT2D eigenvalue weighted by molar-refractivity contribution is 0.0527. The van der Waals surface area contributed by atoms with E-state index in [2.05, 4.69) is 19.2 Å². The quantitative estimate of drug-likeness (QED) is 0.455. The molecule has 2 aromatic rings. The summed E-state index contributed by atoms with van der Waals surface area (Å²) in [5.41, 5.74) is 1.07. The maximum absolute atomic E-state index is 12.7. The highest BCUT2D eigenvalue weighted by atomic mass is 32.2. The van der Waals surface area contributed by atoms with Gasteiger partial charge in [0.1, 0.15) is 9.88 Å². The molecular formula is C21H25NO5S2. The van der Waals surface area contributed by atoms with Crippen LogP contribution in [0.1, 0.15) is 63.6 Å². The molecule has 1 amide bonds. The van der Waals surface area contributed by atoms with Crippen LogP contribution in [0.5, 0.6) is 0 Å². The summed E-state index contributed by atoms with van der Waals surface area (Å²) in [7, 11) is 0. The van der Waals surface area contributed by atoms with Gasteiger partial charge in [0, 0.05) is 15.7 Å². The lowest BCUT2D eigenvalue weighted by atomic mass is 10.1. The van der Waals surface area contributed by atoms with Gasteiger partial charge in [0.15, 0.2) is 0 Å². The summed E-state index contributed by atoms with van der Waals surface area (Å²) >= 11 is 2.72. The number of carbonyl (C=O) groups excluding carboxylic acids is 3. The van der Waals surface area contributed by atoms with Gasteiger partial charge in [-0.15, -0.1) is 23.1 Å². The topological polar surface area (TPSA) is 81.7 Å². The molecule has 1 N–H and O–H groups in total. The molecule has 0 aliphatic rings. The highest BCUT2D eigenvalue weighted by Gasteiger charge is 2.27. The van der Waals surface area contributed by atoms with E-state index >= 15 is 0 Å². The van der Waals surface area contributed by atoms with E-state index in [0.29, 0.717) is 16.4 Å². The van der Waals surface area contributed by atoms with E-state index in [9.17, 15) is 14.4 Å². The van der Waals surface area contributed by atoms with E-state index in [4.69, 9.17) is 9.47 Å². The molecule has 2 rings (SSSR count). The average Bonchev–Trinajstić information content (AvgIpc) is 2.98. The Kier molecular flexibility index (Phi) is 8.28. The Morgan fingerprint density at radius 1 is 1.03 bits per heavy atom. The summed E-state index contributed by atoms with van der Waals surface area (Å²) < 4.78 is 10.2. The molecule has 8 heteroatoms. The van der Waals surface area contributed by atoms with Crippen LogP contribution in [0.3, 0.4) is 0 Å². The maximum Gasteiger partial charge on any atom is 0.348 e. The fourth-order valence-corrected chi connectivity index (χ4v) is 4.50. The number of ether oxygens (including phenoxy) is 2. The lowest BCUT2D eigenvalue weighted by Gasteiger charge is -2.08. The van der Waals surface area contributed by atoms with Gasteiger partial charge in [-0.1, -0.05) is 13.8 Å². The second-order valence-corrected chi connectivity index (χ2v) is 9.02. The van der Waals surface area contributed by atoms with E-state index in [1.54, 1.807) is 44.7 Å². The Balaban J connectivity index is 2.32. The van der Waals surface area contributed by atoms with Gasteiger partial charge in [-0.3, -0.25) is 4.79 Å². The Bertz CT molecular complexity index is 887. The highest BCUT2D eigenvalue weighted by Crippen LogP contribution is 2.34. The molecule has 0 aliphatic heterocycles. The second-order valence-electron chi connectivity index (χ2n) is 6.35. The molecule has 1 heterocycles. The van der Waals surface area contributed by atoms with Crippen molar-refractivity contribution < 1.29 is 23.9 Å². The van der Waals surface area contributed by atoms with E-state index < -0.39 is 11.9 Å². The van der Waals surface area contributed by atoms with Crippen LogP contribution in [0.25, 0.3) is 0 Å². The number of hydrogen-bond donors (Lipinski definition) is 1. The molecule has 1 aromatic heterocycles. The SMILES string of the molecule is CCOC(=O)c1sc(NC(=O)c2ccc(SC(C)C)cc2)c(C(=O)OCC)c1C.